The van der Waals surface area contributed by atoms with Gasteiger partial charge in [0, 0.05) is 45.6 Å². The van der Waals surface area contributed by atoms with Crippen molar-refractivity contribution in [3.8, 4) is 11.5 Å². The molecule has 0 saturated carbocycles. The van der Waals surface area contributed by atoms with E-state index in [1.807, 2.05) is 32.0 Å². The number of guanidine groups is 1. The average molecular weight is 508 g/mol. The molecule has 1 aromatic carbocycles. The third-order valence-electron chi connectivity index (χ3n) is 3.56. The molecule has 9 heteroatoms. The van der Waals surface area contributed by atoms with Crippen molar-refractivity contribution in [3.63, 3.8) is 0 Å². The van der Waals surface area contributed by atoms with Gasteiger partial charge in [-0.3, -0.25) is 4.79 Å². The first kappa shape index (κ1) is 26.2. The first-order valence-electron chi connectivity index (χ1n) is 9.15. The second-order valence-corrected chi connectivity index (χ2v) is 5.85. The molecule has 0 radical (unpaired) electrons. The number of hydrogen-bond acceptors (Lipinski definition) is 5. The molecule has 2 N–H and O–H groups in total. The average Bonchev–Trinajstić information content (AvgIpc) is 2.66. The summed E-state index contributed by atoms with van der Waals surface area (Å²) in [7, 11) is 5.01. The van der Waals surface area contributed by atoms with Crippen LogP contribution in [0.4, 0.5) is 5.69 Å². The molecule has 1 amide bonds. The largest absolute Gasteiger partial charge is 0.493 e. The Hall–Kier alpha value is -1.75. The highest BCUT2D eigenvalue weighted by atomic mass is 127. The first-order chi connectivity index (χ1) is 13.0. The minimum Gasteiger partial charge on any atom is -0.493 e. The molecule has 0 fully saturated rings. The number of likely N-dealkylation sites (N-methyl/N-ethyl adjacent to an activating group) is 1. The summed E-state index contributed by atoms with van der Waals surface area (Å²) in [5.41, 5.74) is 0.781. The van der Waals surface area contributed by atoms with Gasteiger partial charge in [-0.25, -0.2) is 4.99 Å². The fourth-order valence-electron chi connectivity index (χ4n) is 2.11. The van der Waals surface area contributed by atoms with Gasteiger partial charge in [0.1, 0.15) is 6.54 Å². The van der Waals surface area contributed by atoms with E-state index in [-0.39, 0.29) is 36.4 Å². The summed E-state index contributed by atoms with van der Waals surface area (Å²) >= 11 is 0. The van der Waals surface area contributed by atoms with Crippen molar-refractivity contribution in [2.45, 2.75) is 20.3 Å². The molecule has 0 aromatic heterocycles. The van der Waals surface area contributed by atoms with Crippen molar-refractivity contribution in [2.24, 2.45) is 4.99 Å². The lowest BCUT2D eigenvalue weighted by molar-refractivity contribution is -0.127. The number of nitrogens with zero attached hydrogens (tertiary/aromatic N) is 2. The minimum absolute atomic E-state index is 0. The Morgan fingerprint density at radius 1 is 1.18 bits per heavy atom. The Balaban J connectivity index is 0.00000729. The Bertz CT molecular complexity index is 612. The van der Waals surface area contributed by atoms with Crippen molar-refractivity contribution >= 4 is 41.5 Å². The van der Waals surface area contributed by atoms with Gasteiger partial charge in [0.25, 0.3) is 0 Å². The Morgan fingerprint density at radius 3 is 2.54 bits per heavy atom. The number of amides is 1. The number of aliphatic imine (C=N–C) groups is 1. The number of halogens is 1. The van der Waals surface area contributed by atoms with Gasteiger partial charge < -0.3 is 29.7 Å². The van der Waals surface area contributed by atoms with Crippen LogP contribution in [0, 0.1) is 0 Å². The van der Waals surface area contributed by atoms with Crippen LogP contribution in [0.1, 0.15) is 20.3 Å². The molecule has 0 heterocycles. The van der Waals surface area contributed by atoms with Gasteiger partial charge in [0.2, 0.25) is 5.91 Å². The molecule has 0 unspecified atom stereocenters. The van der Waals surface area contributed by atoms with E-state index in [1.165, 1.54) is 4.90 Å². The van der Waals surface area contributed by atoms with Gasteiger partial charge in [0.05, 0.1) is 13.7 Å². The molecule has 0 saturated heterocycles. The predicted octanol–water partition coefficient (Wildman–Crippen LogP) is 2.58. The van der Waals surface area contributed by atoms with Crippen molar-refractivity contribution in [3.05, 3.63) is 18.2 Å². The summed E-state index contributed by atoms with van der Waals surface area (Å²) in [6.45, 7) is 6.55. The van der Waals surface area contributed by atoms with E-state index in [0.717, 1.165) is 12.1 Å². The number of benzene rings is 1. The highest BCUT2D eigenvalue weighted by molar-refractivity contribution is 14.0. The van der Waals surface area contributed by atoms with Gasteiger partial charge in [-0.05, 0) is 32.4 Å². The topological polar surface area (TPSA) is 84.4 Å². The highest BCUT2D eigenvalue weighted by Crippen LogP contribution is 2.30. The molecular formula is C19H33IN4O4. The Labute approximate surface area is 185 Å². The van der Waals surface area contributed by atoms with Crippen LogP contribution in [0.5, 0.6) is 11.5 Å². The van der Waals surface area contributed by atoms with Crippen LogP contribution in [0.2, 0.25) is 0 Å². The van der Waals surface area contributed by atoms with E-state index in [4.69, 9.17) is 14.2 Å². The van der Waals surface area contributed by atoms with Gasteiger partial charge >= 0.3 is 0 Å². The second kappa shape index (κ2) is 15.2. The number of nitrogens with one attached hydrogen (secondary N) is 2. The molecule has 1 aromatic rings. The van der Waals surface area contributed by atoms with E-state index in [9.17, 15) is 4.79 Å². The number of carbonyl (C=O) groups is 1. The highest BCUT2D eigenvalue weighted by Gasteiger charge is 2.08. The third-order valence-corrected chi connectivity index (χ3v) is 3.56. The fraction of sp³-hybridized carbons (Fsp3) is 0.579. The van der Waals surface area contributed by atoms with Gasteiger partial charge in [-0.15, -0.1) is 24.0 Å². The number of ether oxygens (including phenoxy) is 3. The van der Waals surface area contributed by atoms with Crippen LogP contribution in [-0.4, -0.2) is 70.9 Å². The van der Waals surface area contributed by atoms with E-state index in [2.05, 4.69) is 15.6 Å². The Morgan fingerprint density at radius 2 is 1.93 bits per heavy atom. The van der Waals surface area contributed by atoms with E-state index < -0.39 is 0 Å². The first-order valence-corrected chi connectivity index (χ1v) is 9.15. The van der Waals surface area contributed by atoms with Gasteiger partial charge in [-0.1, -0.05) is 0 Å². The Kier molecular flexibility index (Phi) is 14.3. The molecule has 0 bridgehead atoms. The van der Waals surface area contributed by atoms with E-state index >= 15 is 0 Å². The fourth-order valence-corrected chi connectivity index (χ4v) is 2.11. The quantitative estimate of drug-likeness (QED) is 0.207. The number of methoxy groups -OCH3 is 1. The zero-order valence-corrected chi connectivity index (χ0v) is 19.7. The normalized spacial score (nSPS) is 10.7. The third kappa shape index (κ3) is 9.98. The zero-order chi connectivity index (χ0) is 20.1. The predicted molar refractivity (Wildman–Crippen MR) is 123 cm³/mol. The van der Waals surface area contributed by atoms with Crippen LogP contribution in [0.25, 0.3) is 0 Å². The standard InChI is InChI=1S/C19H32N4O4.HI/c1-6-26-12-8-11-20-19(21-14-18(24)23(3)4)22-15-9-10-16(27-7-2)17(13-15)25-5;/h9-10,13H,6-8,11-12,14H2,1-5H3,(H2,20,21,22);1H. The molecule has 0 aliphatic heterocycles. The minimum atomic E-state index is -0.0744. The maximum atomic E-state index is 11.8. The van der Waals surface area contributed by atoms with Crippen molar-refractivity contribution in [1.29, 1.82) is 0 Å². The summed E-state index contributed by atoms with van der Waals surface area (Å²) < 4.78 is 16.2. The maximum Gasteiger partial charge on any atom is 0.243 e. The number of rotatable bonds is 11. The summed E-state index contributed by atoms with van der Waals surface area (Å²) in [4.78, 5) is 17.7. The summed E-state index contributed by atoms with van der Waals surface area (Å²) in [6, 6.07) is 5.54. The molecule has 1 rings (SSSR count). The van der Waals surface area contributed by atoms with E-state index in [1.54, 1.807) is 21.2 Å². The van der Waals surface area contributed by atoms with Crippen LogP contribution in [0.3, 0.4) is 0 Å². The summed E-state index contributed by atoms with van der Waals surface area (Å²) in [6.07, 6.45) is 0.836. The zero-order valence-electron chi connectivity index (χ0n) is 17.4. The lowest BCUT2D eigenvalue weighted by atomic mass is 10.2. The second-order valence-electron chi connectivity index (χ2n) is 5.85. The molecule has 0 aliphatic carbocycles. The lowest BCUT2D eigenvalue weighted by Gasteiger charge is -2.15. The molecule has 0 aliphatic rings. The number of anilines is 1. The molecule has 28 heavy (non-hydrogen) atoms. The molecular weight excluding hydrogens is 475 g/mol. The molecule has 0 atom stereocenters. The summed E-state index contributed by atoms with van der Waals surface area (Å²) in [5.74, 6) is 1.75. The molecule has 8 nitrogen and oxygen atoms in total. The SMILES string of the molecule is CCOCCCNC(=NCC(=O)N(C)C)Nc1ccc(OCC)c(OC)c1.I. The monoisotopic (exact) mass is 508 g/mol. The van der Waals surface area contributed by atoms with Crippen LogP contribution in [0.15, 0.2) is 23.2 Å². The van der Waals surface area contributed by atoms with Crippen molar-refractivity contribution in [2.75, 3.05) is 59.4 Å². The molecule has 0 spiro atoms. The van der Waals surface area contributed by atoms with Gasteiger partial charge in [0.15, 0.2) is 17.5 Å². The number of carbonyl (C=O) groups excluding carboxylic acids is 1. The lowest BCUT2D eigenvalue weighted by Crippen LogP contribution is -2.34. The smallest absolute Gasteiger partial charge is 0.243 e. The van der Waals surface area contributed by atoms with Crippen LogP contribution >= 0.6 is 24.0 Å². The van der Waals surface area contributed by atoms with E-state index in [0.29, 0.717) is 43.8 Å². The van der Waals surface area contributed by atoms with Crippen molar-refractivity contribution in [1.82, 2.24) is 10.2 Å². The summed E-state index contributed by atoms with van der Waals surface area (Å²) in [5, 5.41) is 6.41. The van der Waals surface area contributed by atoms with Crippen molar-refractivity contribution < 1.29 is 19.0 Å². The van der Waals surface area contributed by atoms with Crippen LogP contribution < -0.4 is 20.1 Å². The van der Waals surface area contributed by atoms with Crippen LogP contribution in [-0.2, 0) is 9.53 Å². The number of hydrogen-bond donors (Lipinski definition) is 2. The molecule has 160 valence electrons. The van der Waals surface area contributed by atoms with Gasteiger partial charge in [-0.2, -0.15) is 0 Å². The maximum absolute atomic E-state index is 11.8.